The van der Waals surface area contributed by atoms with E-state index in [0.717, 1.165) is 23.3 Å². The molecule has 11 heteroatoms. The predicted molar refractivity (Wildman–Crippen MR) is 119 cm³/mol. The molecule has 7 nitrogen and oxygen atoms in total. The van der Waals surface area contributed by atoms with Crippen LogP contribution in [0.15, 0.2) is 46.8 Å². The number of carbonyl (C=O) groups is 1. The molecule has 2 aromatic carbocycles. The molecule has 0 saturated carbocycles. The maximum absolute atomic E-state index is 12.6. The molecule has 0 spiro atoms. The molecule has 0 aliphatic carbocycles. The van der Waals surface area contributed by atoms with Crippen LogP contribution >= 0.6 is 34.5 Å². The number of anilines is 1. The fraction of sp³-hybridized carbons (Fsp3) is 0.211. The third-order valence-electron chi connectivity index (χ3n) is 4.25. The molecule has 1 aromatic heterocycles. The molecule has 0 saturated heterocycles. The van der Waals surface area contributed by atoms with Gasteiger partial charge in [0.2, 0.25) is 9.47 Å². The number of hydrogen-bond donors (Lipinski definition) is 2. The van der Waals surface area contributed by atoms with Gasteiger partial charge in [-0.05, 0) is 42.7 Å². The highest BCUT2D eigenvalue weighted by atomic mass is 35.5. The summed E-state index contributed by atoms with van der Waals surface area (Å²) in [6, 6.07) is 11.6. The zero-order chi connectivity index (χ0) is 21.9. The summed E-state index contributed by atoms with van der Waals surface area (Å²) in [6.45, 7) is 3.79. The zero-order valence-corrected chi connectivity index (χ0v) is 19.2. The summed E-state index contributed by atoms with van der Waals surface area (Å²) in [7, 11) is -3.92. The largest absolute Gasteiger partial charge is 0.296 e. The Morgan fingerprint density at radius 1 is 1.13 bits per heavy atom. The first-order valence-electron chi connectivity index (χ1n) is 8.90. The summed E-state index contributed by atoms with van der Waals surface area (Å²) in [4.78, 5) is 12.4. The van der Waals surface area contributed by atoms with E-state index in [1.165, 1.54) is 23.8 Å². The lowest BCUT2D eigenvalue weighted by Gasteiger charge is -2.13. The van der Waals surface area contributed by atoms with Crippen LogP contribution in [0.2, 0.25) is 10.0 Å². The van der Waals surface area contributed by atoms with Gasteiger partial charge in [0.05, 0.1) is 10.6 Å². The number of aryl methyl sites for hydroxylation is 1. The van der Waals surface area contributed by atoms with Crippen LogP contribution in [0.4, 0.5) is 5.13 Å². The Morgan fingerprint density at radius 3 is 2.47 bits per heavy atom. The number of amides is 1. The average Bonchev–Trinajstić information content (AvgIpc) is 3.17. The van der Waals surface area contributed by atoms with Crippen molar-refractivity contribution in [1.82, 2.24) is 14.9 Å². The Morgan fingerprint density at radius 2 is 1.83 bits per heavy atom. The SMILES string of the molecule is CCc1ccc([C@H](C)NS(=O)(=O)c2nnc(NC(=O)c3ccc(Cl)cc3Cl)s2)cc1. The topological polar surface area (TPSA) is 101 Å². The van der Waals surface area contributed by atoms with Gasteiger partial charge in [-0.15, -0.1) is 10.2 Å². The molecule has 1 heterocycles. The Hall–Kier alpha value is -2.04. The second-order valence-corrected chi connectivity index (χ2v) is 10.1. The summed E-state index contributed by atoms with van der Waals surface area (Å²) in [5.41, 5.74) is 2.17. The van der Waals surface area contributed by atoms with Crippen LogP contribution in [-0.4, -0.2) is 24.5 Å². The van der Waals surface area contributed by atoms with E-state index in [1.54, 1.807) is 6.92 Å². The van der Waals surface area contributed by atoms with Crippen molar-refractivity contribution in [3.8, 4) is 0 Å². The molecular weight excluding hydrogens is 467 g/mol. The molecule has 0 aliphatic rings. The normalized spacial score (nSPS) is 12.5. The van der Waals surface area contributed by atoms with Gasteiger partial charge in [0.25, 0.3) is 15.9 Å². The van der Waals surface area contributed by atoms with E-state index >= 15 is 0 Å². The number of rotatable bonds is 7. The minimum absolute atomic E-state index is 0.0337. The van der Waals surface area contributed by atoms with E-state index in [2.05, 4.69) is 20.2 Å². The van der Waals surface area contributed by atoms with E-state index in [-0.39, 0.29) is 20.1 Å². The molecule has 1 amide bonds. The van der Waals surface area contributed by atoms with Crippen LogP contribution in [0.3, 0.4) is 0 Å². The number of nitrogens with zero attached hydrogens (tertiary/aromatic N) is 2. The highest BCUT2D eigenvalue weighted by molar-refractivity contribution is 7.91. The quantitative estimate of drug-likeness (QED) is 0.473. The fourth-order valence-corrected chi connectivity index (χ4v) is 5.24. The van der Waals surface area contributed by atoms with E-state index in [4.69, 9.17) is 23.2 Å². The number of carbonyl (C=O) groups excluding carboxylic acids is 1. The minimum atomic E-state index is -3.92. The van der Waals surface area contributed by atoms with Gasteiger partial charge in [-0.1, -0.05) is 65.7 Å². The molecule has 3 aromatic rings. The van der Waals surface area contributed by atoms with Crippen molar-refractivity contribution < 1.29 is 13.2 Å². The maximum atomic E-state index is 12.6. The fourth-order valence-electron chi connectivity index (χ4n) is 2.60. The van der Waals surface area contributed by atoms with Gasteiger partial charge in [-0.25, -0.2) is 13.1 Å². The predicted octanol–water partition coefficient (Wildman–Crippen LogP) is 4.70. The summed E-state index contributed by atoms with van der Waals surface area (Å²) >= 11 is 12.6. The molecule has 2 N–H and O–H groups in total. The second-order valence-electron chi connectivity index (χ2n) is 6.39. The molecule has 30 heavy (non-hydrogen) atoms. The van der Waals surface area contributed by atoms with Crippen LogP contribution in [0.1, 0.15) is 41.4 Å². The van der Waals surface area contributed by atoms with Gasteiger partial charge in [0.15, 0.2) is 0 Å². The van der Waals surface area contributed by atoms with Crippen LogP contribution in [0.25, 0.3) is 0 Å². The Balaban J connectivity index is 1.71. The van der Waals surface area contributed by atoms with Crippen molar-refractivity contribution >= 4 is 55.6 Å². The van der Waals surface area contributed by atoms with Crippen molar-refractivity contribution in [2.75, 3.05) is 5.32 Å². The van der Waals surface area contributed by atoms with Gasteiger partial charge in [-0.2, -0.15) is 0 Å². The summed E-state index contributed by atoms with van der Waals surface area (Å²) in [5, 5.41) is 10.5. The Kier molecular flexibility index (Phi) is 7.10. The third-order valence-corrected chi connectivity index (χ3v) is 7.55. The number of aromatic nitrogens is 2. The van der Waals surface area contributed by atoms with Crippen LogP contribution in [0, 0.1) is 0 Å². The van der Waals surface area contributed by atoms with Crippen molar-refractivity contribution in [2.45, 2.75) is 30.6 Å². The van der Waals surface area contributed by atoms with Gasteiger partial charge >= 0.3 is 0 Å². The molecule has 0 aliphatic heterocycles. The third kappa shape index (κ3) is 5.35. The van der Waals surface area contributed by atoms with Crippen LogP contribution in [0.5, 0.6) is 0 Å². The molecule has 3 rings (SSSR count). The first-order chi connectivity index (χ1) is 14.2. The summed E-state index contributed by atoms with van der Waals surface area (Å²) in [6.07, 6.45) is 0.904. The molecule has 0 unspecified atom stereocenters. The number of nitrogens with one attached hydrogen (secondary N) is 2. The molecule has 0 radical (unpaired) electrons. The molecular formula is C19H18Cl2N4O3S2. The highest BCUT2D eigenvalue weighted by Gasteiger charge is 2.24. The highest BCUT2D eigenvalue weighted by Crippen LogP contribution is 2.25. The lowest BCUT2D eigenvalue weighted by Crippen LogP contribution is -2.26. The van der Waals surface area contributed by atoms with E-state index in [9.17, 15) is 13.2 Å². The smallest absolute Gasteiger partial charge is 0.270 e. The van der Waals surface area contributed by atoms with Gasteiger partial charge in [-0.3, -0.25) is 10.1 Å². The first-order valence-corrected chi connectivity index (χ1v) is 12.0. The number of hydrogen-bond acceptors (Lipinski definition) is 6. The molecule has 1 atom stereocenters. The Labute approximate surface area is 188 Å². The Bertz CT molecular complexity index is 1160. The number of halogens is 2. The molecule has 158 valence electrons. The van der Waals surface area contributed by atoms with Gasteiger partial charge < -0.3 is 0 Å². The minimum Gasteiger partial charge on any atom is -0.296 e. The summed E-state index contributed by atoms with van der Waals surface area (Å²) < 4.78 is 27.6. The van der Waals surface area contributed by atoms with Crippen molar-refractivity contribution in [3.05, 3.63) is 69.2 Å². The van der Waals surface area contributed by atoms with Crippen molar-refractivity contribution in [1.29, 1.82) is 0 Å². The van der Waals surface area contributed by atoms with Crippen molar-refractivity contribution in [2.24, 2.45) is 0 Å². The first kappa shape index (κ1) is 22.6. The second kappa shape index (κ2) is 9.40. The molecule has 0 fully saturated rings. The zero-order valence-electron chi connectivity index (χ0n) is 16.0. The van der Waals surface area contributed by atoms with Gasteiger partial charge in [0, 0.05) is 11.1 Å². The lowest BCUT2D eigenvalue weighted by atomic mass is 10.1. The lowest BCUT2D eigenvalue weighted by molar-refractivity contribution is 0.102. The monoisotopic (exact) mass is 484 g/mol. The van der Waals surface area contributed by atoms with E-state index in [0.29, 0.717) is 5.02 Å². The molecule has 0 bridgehead atoms. The summed E-state index contributed by atoms with van der Waals surface area (Å²) in [5.74, 6) is -0.547. The van der Waals surface area contributed by atoms with E-state index < -0.39 is 22.0 Å². The maximum Gasteiger partial charge on any atom is 0.270 e. The number of sulfonamides is 1. The van der Waals surface area contributed by atoms with Gasteiger partial charge in [0.1, 0.15) is 0 Å². The van der Waals surface area contributed by atoms with Crippen molar-refractivity contribution in [3.63, 3.8) is 0 Å². The van der Waals surface area contributed by atoms with Crippen LogP contribution < -0.4 is 10.0 Å². The number of benzene rings is 2. The average molecular weight is 485 g/mol. The standard InChI is InChI=1S/C19H18Cl2N4O3S2/c1-3-12-4-6-13(7-5-12)11(2)25-30(27,28)19-24-23-18(29-19)22-17(26)15-9-8-14(20)10-16(15)21/h4-11,25H,3H2,1-2H3,(H,22,23,26)/t11-/m0/s1. The van der Waals surface area contributed by atoms with Crippen LogP contribution in [-0.2, 0) is 16.4 Å². The van der Waals surface area contributed by atoms with E-state index in [1.807, 2.05) is 31.2 Å².